The molecule has 0 aliphatic heterocycles. The number of hydrogen-bond acceptors (Lipinski definition) is 9. The van der Waals surface area contributed by atoms with E-state index in [0.29, 0.717) is 18.0 Å². The lowest BCUT2D eigenvalue weighted by Gasteiger charge is -2.23. The molecule has 0 bridgehead atoms. The van der Waals surface area contributed by atoms with Crippen molar-refractivity contribution in [2.45, 2.75) is 32.6 Å². The number of benzene rings is 1. The Balaban J connectivity index is 0.000000658. The molecule has 1 aromatic carbocycles. The lowest BCUT2D eigenvalue weighted by Crippen LogP contribution is -2.32. The number of nitrogens with zero attached hydrogens (tertiary/aromatic N) is 1. The van der Waals surface area contributed by atoms with Gasteiger partial charge in [0.25, 0.3) is 0 Å². The molecule has 47 heavy (non-hydrogen) atoms. The minimum atomic E-state index is -5.08. The molecule has 3 aromatic rings. The van der Waals surface area contributed by atoms with Crippen LogP contribution in [-0.2, 0) is 20.8 Å². The largest absolute Gasteiger partial charge is 0.490 e. The number of aliphatic carboxylic acids is 2. The first-order chi connectivity index (χ1) is 21.5. The number of esters is 1. The third kappa shape index (κ3) is 12.9. The van der Waals surface area contributed by atoms with Crippen LogP contribution in [-0.4, -0.2) is 64.3 Å². The van der Waals surface area contributed by atoms with E-state index in [9.17, 15) is 40.3 Å². The Morgan fingerprint density at radius 2 is 1.53 bits per heavy atom. The van der Waals surface area contributed by atoms with E-state index in [0.717, 1.165) is 22.3 Å². The maximum atomic E-state index is 14.2. The summed E-state index contributed by atoms with van der Waals surface area (Å²) in [6.45, 7) is 3.57. The number of nitrogens with two attached hydrogens (primary N) is 1. The number of pyridine rings is 1. The van der Waals surface area contributed by atoms with E-state index in [1.54, 1.807) is 44.3 Å². The predicted molar refractivity (Wildman–Crippen MR) is 151 cm³/mol. The van der Waals surface area contributed by atoms with Crippen LogP contribution >= 0.6 is 11.3 Å². The van der Waals surface area contributed by atoms with Crippen LogP contribution in [0.2, 0.25) is 0 Å². The number of ether oxygens (including phenoxy) is 2. The topological polar surface area (TPSA) is 202 Å². The summed E-state index contributed by atoms with van der Waals surface area (Å²) in [5.41, 5.74) is 5.18. The highest BCUT2D eigenvalue weighted by Gasteiger charge is 2.39. The third-order valence-corrected chi connectivity index (χ3v) is 6.30. The highest BCUT2D eigenvalue weighted by atomic mass is 32.1. The number of thiophene rings is 1. The number of nitrogen functional groups attached to an aromatic ring is 1. The second-order valence-electron chi connectivity index (χ2n) is 9.40. The van der Waals surface area contributed by atoms with Gasteiger partial charge in [0.05, 0.1) is 7.11 Å². The van der Waals surface area contributed by atoms with Crippen LogP contribution in [0.5, 0.6) is 11.6 Å². The fourth-order valence-electron chi connectivity index (χ4n) is 2.94. The van der Waals surface area contributed by atoms with Gasteiger partial charge in [-0.3, -0.25) is 10.2 Å². The van der Waals surface area contributed by atoms with Crippen molar-refractivity contribution in [3.05, 3.63) is 69.8 Å². The number of carbonyl (C=O) groups excluding carboxylic acids is 2. The van der Waals surface area contributed by atoms with E-state index in [4.69, 9.17) is 40.4 Å². The lowest BCUT2D eigenvalue weighted by molar-refractivity contribution is -0.193. The summed E-state index contributed by atoms with van der Waals surface area (Å²) in [4.78, 5) is 48.2. The maximum absolute atomic E-state index is 14.2. The number of aromatic nitrogens is 1. The van der Waals surface area contributed by atoms with Crippen LogP contribution in [0.25, 0.3) is 0 Å². The van der Waals surface area contributed by atoms with Crippen LogP contribution < -0.4 is 20.5 Å². The zero-order chi connectivity index (χ0) is 36.3. The van der Waals surface area contributed by atoms with Gasteiger partial charge in [0.1, 0.15) is 16.4 Å². The number of carboxylic acid groups (broad SMARTS) is 2. The Labute approximate surface area is 264 Å². The van der Waals surface area contributed by atoms with Crippen molar-refractivity contribution in [3.63, 3.8) is 0 Å². The standard InChI is InChI=1S/C23H23FN4O4S.2C2HF3O2/c1-23(2,22(30)28-16-5-4-10-27-20(16)31-3)12-14-7-9-18(33-14)21(29)32-17-8-6-13(19(25)26)11-15(17)24;2*3-2(4,5)1(6)7/h4-11H,12H2,1-3H3,(H3,25,26)(H,28,30);2*(H,6,7). The molecule has 12 nitrogen and oxygen atoms in total. The smallest absolute Gasteiger partial charge is 0.480 e. The fraction of sp³-hybridized carbons (Fsp3) is 0.259. The van der Waals surface area contributed by atoms with Crippen LogP contribution in [0.3, 0.4) is 0 Å². The molecule has 0 unspecified atom stereocenters. The van der Waals surface area contributed by atoms with Crippen molar-refractivity contribution in [3.8, 4) is 11.6 Å². The van der Waals surface area contributed by atoms with Gasteiger partial charge in [-0.2, -0.15) is 26.3 Å². The van der Waals surface area contributed by atoms with Crippen molar-refractivity contribution >= 4 is 46.7 Å². The Bertz CT molecular complexity index is 1580. The normalized spacial score (nSPS) is 11.1. The molecule has 0 fully saturated rings. The Kier molecular flexibility index (Phi) is 13.8. The summed E-state index contributed by atoms with van der Waals surface area (Å²) in [5, 5.41) is 24.4. The minimum Gasteiger partial charge on any atom is -0.480 e. The molecule has 0 aliphatic carbocycles. The first kappa shape index (κ1) is 39.8. The average molecular weight is 699 g/mol. The molecule has 2 aromatic heterocycles. The number of rotatable bonds is 8. The monoisotopic (exact) mass is 698 g/mol. The first-order valence-electron chi connectivity index (χ1n) is 12.3. The molecule has 0 saturated heterocycles. The predicted octanol–water partition coefficient (Wildman–Crippen LogP) is 5.27. The van der Waals surface area contributed by atoms with Gasteiger partial charge in [0.2, 0.25) is 11.8 Å². The van der Waals surface area contributed by atoms with Crippen molar-refractivity contribution < 1.29 is 69.6 Å². The van der Waals surface area contributed by atoms with Gasteiger partial charge < -0.3 is 30.7 Å². The fourth-order valence-corrected chi connectivity index (χ4v) is 4.05. The van der Waals surface area contributed by atoms with Gasteiger partial charge in [-0.05, 0) is 48.9 Å². The van der Waals surface area contributed by atoms with Gasteiger partial charge in [0.15, 0.2) is 11.6 Å². The van der Waals surface area contributed by atoms with E-state index >= 15 is 0 Å². The molecule has 2 heterocycles. The molecule has 0 atom stereocenters. The Morgan fingerprint density at radius 1 is 0.979 bits per heavy atom. The number of carbonyl (C=O) groups is 4. The van der Waals surface area contributed by atoms with Gasteiger partial charge in [-0.25, -0.2) is 23.8 Å². The van der Waals surface area contributed by atoms with Crippen LogP contribution in [0, 0.1) is 16.6 Å². The van der Waals surface area contributed by atoms with Crippen LogP contribution in [0.1, 0.15) is 34.0 Å². The second kappa shape index (κ2) is 16.3. The van der Waals surface area contributed by atoms with Crippen LogP contribution in [0.4, 0.5) is 36.4 Å². The summed E-state index contributed by atoms with van der Waals surface area (Å²) in [6.07, 6.45) is -8.24. The number of hydrogen-bond donors (Lipinski definition) is 5. The summed E-state index contributed by atoms with van der Waals surface area (Å²) < 4.78 is 87.9. The lowest BCUT2D eigenvalue weighted by atomic mass is 9.87. The quantitative estimate of drug-likeness (QED) is 0.0679. The Hall–Kier alpha value is -5.27. The number of anilines is 1. The average Bonchev–Trinajstić information content (AvgIpc) is 3.42. The molecule has 0 saturated carbocycles. The van der Waals surface area contributed by atoms with E-state index in [2.05, 4.69) is 10.3 Å². The zero-order valence-electron chi connectivity index (χ0n) is 24.2. The molecule has 256 valence electrons. The molecule has 3 rings (SSSR count). The van der Waals surface area contributed by atoms with Crippen molar-refractivity contribution in [1.29, 1.82) is 5.41 Å². The van der Waals surface area contributed by atoms with Gasteiger partial charge in [0, 0.05) is 22.1 Å². The number of amidine groups is 1. The van der Waals surface area contributed by atoms with Crippen molar-refractivity contribution in [1.82, 2.24) is 4.98 Å². The van der Waals surface area contributed by atoms with Gasteiger partial charge >= 0.3 is 30.3 Å². The highest BCUT2D eigenvalue weighted by Crippen LogP contribution is 2.30. The molecule has 20 heteroatoms. The molecule has 0 aliphatic rings. The molecule has 0 radical (unpaired) electrons. The first-order valence-corrected chi connectivity index (χ1v) is 13.2. The summed E-state index contributed by atoms with van der Waals surface area (Å²) in [6, 6.07) is 10.4. The van der Waals surface area contributed by atoms with Crippen molar-refractivity contribution in [2.24, 2.45) is 11.1 Å². The number of amides is 1. The van der Waals surface area contributed by atoms with Gasteiger partial charge in [-0.1, -0.05) is 13.8 Å². The Morgan fingerprint density at radius 3 is 2.00 bits per heavy atom. The number of methoxy groups -OCH3 is 1. The second-order valence-corrected chi connectivity index (χ2v) is 10.6. The SMILES string of the molecule is COc1ncccc1NC(=O)C(C)(C)Cc1ccc(C(=O)Oc2ccc(C(=N)N)cc2F)s1.O=C(O)C(F)(F)F.O=C(O)C(F)(F)F. The number of alkyl halides is 6. The zero-order valence-corrected chi connectivity index (χ0v) is 25.1. The molecule has 0 spiro atoms. The molecule has 1 amide bonds. The molecular formula is C27H25F7N4O8S. The molecular weight excluding hydrogens is 673 g/mol. The summed E-state index contributed by atoms with van der Waals surface area (Å²) >= 11 is 1.16. The third-order valence-electron chi connectivity index (χ3n) is 5.24. The van der Waals surface area contributed by atoms with Crippen LogP contribution in [0.15, 0.2) is 48.7 Å². The highest BCUT2D eigenvalue weighted by molar-refractivity contribution is 7.14. The van der Waals surface area contributed by atoms with E-state index in [1.807, 2.05) is 0 Å². The molecule has 6 N–H and O–H groups in total. The van der Waals surface area contributed by atoms with E-state index < -0.39 is 41.5 Å². The summed E-state index contributed by atoms with van der Waals surface area (Å²) in [7, 11) is 1.47. The van der Waals surface area contributed by atoms with E-state index in [-0.39, 0.29) is 27.9 Å². The number of halogens is 7. The number of carboxylic acids is 2. The van der Waals surface area contributed by atoms with E-state index in [1.165, 1.54) is 19.2 Å². The number of nitrogens with one attached hydrogen (secondary N) is 2. The summed E-state index contributed by atoms with van der Waals surface area (Å²) in [5.74, 6) is -7.50. The van der Waals surface area contributed by atoms with Gasteiger partial charge in [-0.15, -0.1) is 11.3 Å². The van der Waals surface area contributed by atoms with Crippen molar-refractivity contribution in [2.75, 3.05) is 12.4 Å². The maximum Gasteiger partial charge on any atom is 0.490 e. The minimum absolute atomic E-state index is 0.190.